The fourth-order valence-corrected chi connectivity index (χ4v) is 3.20. The second-order valence-corrected chi connectivity index (χ2v) is 6.78. The van der Waals surface area contributed by atoms with Gasteiger partial charge in [0.1, 0.15) is 5.75 Å². The number of ether oxygens (including phenoxy) is 2. The van der Waals surface area contributed by atoms with E-state index in [1.165, 1.54) is 25.1 Å². The largest absolute Gasteiger partial charge is 0.573 e. The number of aromatic nitrogens is 4. The normalized spacial score (nSPS) is 11.9. The number of aromatic amines is 1. The molecule has 2 aromatic carbocycles. The Hall–Kier alpha value is -3.60. The van der Waals surface area contributed by atoms with Crippen LogP contribution >= 0.6 is 0 Å². The predicted molar refractivity (Wildman–Crippen MR) is 108 cm³/mol. The van der Waals surface area contributed by atoms with Crippen molar-refractivity contribution in [3.63, 3.8) is 0 Å². The van der Waals surface area contributed by atoms with Crippen LogP contribution < -0.4 is 10.1 Å². The van der Waals surface area contributed by atoms with Crippen molar-refractivity contribution in [2.45, 2.75) is 19.8 Å². The number of hydrogen-bond acceptors (Lipinski definition) is 6. The Balaban J connectivity index is 1.69. The van der Waals surface area contributed by atoms with Crippen LogP contribution in [0.15, 0.2) is 36.4 Å². The highest BCUT2D eigenvalue weighted by Gasteiger charge is 2.31. The fourth-order valence-electron chi connectivity index (χ4n) is 3.20. The molecule has 11 heteroatoms. The van der Waals surface area contributed by atoms with Gasteiger partial charge in [-0.2, -0.15) is 0 Å². The molecule has 0 saturated heterocycles. The van der Waals surface area contributed by atoms with Gasteiger partial charge in [0, 0.05) is 25.3 Å². The van der Waals surface area contributed by atoms with E-state index in [1.807, 2.05) is 4.57 Å². The lowest BCUT2D eigenvalue weighted by molar-refractivity contribution is -0.274. The monoisotopic (exact) mass is 433 g/mol. The summed E-state index contributed by atoms with van der Waals surface area (Å²) in [6.07, 6.45) is -4.78. The summed E-state index contributed by atoms with van der Waals surface area (Å²) in [5.41, 5.74) is 2.76. The van der Waals surface area contributed by atoms with Crippen LogP contribution in [0.4, 0.5) is 25.1 Å². The molecule has 0 fully saturated rings. The molecule has 2 N–H and O–H groups in total. The van der Waals surface area contributed by atoms with E-state index in [9.17, 15) is 18.0 Å². The second-order valence-electron chi connectivity index (χ2n) is 6.78. The summed E-state index contributed by atoms with van der Waals surface area (Å²) in [4.78, 5) is 23.5. The third kappa shape index (κ3) is 4.45. The molecule has 0 spiro atoms. The van der Waals surface area contributed by atoms with Gasteiger partial charge >= 0.3 is 6.36 Å². The first kappa shape index (κ1) is 20.7. The minimum Gasteiger partial charge on any atom is -0.406 e. The number of nitrogens with one attached hydrogen (secondary N) is 2. The highest BCUT2D eigenvalue weighted by molar-refractivity contribution is 5.97. The number of Topliss-reactive ketones (excluding diaryl/α,β-unsaturated/α-hetero) is 1. The third-order valence-electron chi connectivity index (χ3n) is 4.59. The quantitative estimate of drug-likeness (QED) is 0.420. The van der Waals surface area contributed by atoms with Gasteiger partial charge in [0.05, 0.1) is 28.7 Å². The molecular formula is C20H18F3N5O3. The number of hydrogen-bond donors (Lipinski definition) is 2. The number of halogens is 3. The maximum atomic E-state index is 12.5. The van der Waals surface area contributed by atoms with Crippen LogP contribution in [0.1, 0.15) is 17.3 Å². The van der Waals surface area contributed by atoms with Crippen molar-refractivity contribution in [1.82, 2.24) is 19.5 Å². The molecule has 8 nitrogen and oxygen atoms in total. The molecule has 0 aliphatic heterocycles. The average molecular weight is 433 g/mol. The Kier molecular flexibility index (Phi) is 5.27. The zero-order valence-corrected chi connectivity index (χ0v) is 16.6. The van der Waals surface area contributed by atoms with Crippen LogP contribution in [0.25, 0.3) is 22.1 Å². The summed E-state index contributed by atoms with van der Waals surface area (Å²) in [7, 11) is 1.58. The molecule has 0 radical (unpaired) electrons. The number of benzene rings is 2. The van der Waals surface area contributed by atoms with Crippen LogP contribution in [0.5, 0.6) is 5.75 Å². The Morgan fingerprint density at radius 3 is 2.68 bits per heavy atom. The van der Waals surface area contributed by atoms with Gasteiger partial charge in [-0.1, -0.05) is 0 Å². The van der Waals surface area contributed by atoms with Gasteiger partial charge in [-0.15, -0.1) is 13.2 Å². The zero-order valence-electron chi connectivity index (χ0n) is 16.6. The van der Waals surface area contributed by atoms with E-state index >= 15 is 0 Å². The lowest BCUT2D eigenvalue weighted by atomic mass is 10.1. The lowest BCUT2D eigenvalue weighted by Crippen LogP contribution is -2.16. The Morgan fingerprint density at radius 1 is 1.16 bits per heavy atom. The maximum Gasteiger partial charge on any atom is 0.573 e. The molecule has 0 saturated carbocycles. The lowest BCUT2D eigenvalue weighted by Gasteiger charge is -2.08. The van der Waals surface area contributed by atoms with Gasteiger partial charge in [-0.25, -0.2) is 9.97 Å². The molecule has 0 amide bonds. The van der Waals surface area contributed by atoms with Gasteiger partial charge in [-0.3, -0.25) is 10.1 Å². The van der Waals surface area contributed by atoms with Gasteiger partial charge in [0.2, 0.25) is 11.9 Å². The molecule has 0 unspecified atom stereocenters. The van der Waals surface area contributed by atoms with Crippen molar-refractivity contribution in [2.75, 3.05) is 19.0 Å². The SMILES string of the molecule is COCCn1c(Nc2nc3ccc(OC(F)(F)F)cc3[nH]2)nc2cc(C(C)=O)ccc21. The second kappa shape index (κ2) is 7.91. The van der Waals surface area contributed by atoms with Crippen LogP contribution in [-0.2, 0) is 11.3 Å². The van der Waals surface area contributed by atoms with E-state index in [1.54, 1.807) is 25.3 Å². The first-order valence-electron chi connectivity index (χ1n) is 9.26. The minimum atomic E-state index is -4.78. The molecule has 0 aliphatic carbocycles. The smallest absolute Gasteiger partial charge is 0.406 e. The average Bonchev–Trinajstić information content (AvgIpc) is 3.24. The number of imidazole rings is 2. The van der Waals surface area contributed by atoms with Crippen molar-refractivity contribution < 1.29 is 27.4 Å². The van der Waals surface area contributed by atoms with E-state index in [0.29, 0.717) is 47.2 Å². The molecule has 4 aromatic rings. The van der Waals surface area contributed by atoms with Crippen molar-refractivity contribution in [3.8, 4) is 5.75 Å². The molecule has 4 rings (SSSR count). The van der Waals surface area contributed by atoms with Crippen molar-refractivity contribution in [2.24, 2.45) is 0 Å². The van der Waals surface area contributed by atoms with Crippen molar-refractivity contribution in [3.05, 3.63) is 42.0 Å². The number of nitrogens with zero attached hydrogens (tertiary/aromatic N) is 3. The molecule has 0 aliphatic rings. The number of anilines is 2. The highest BCUT2D eigenvalue weighted by Crippen LogP contribution is 2.28. The maximum absolute atomic E-state index is 12.5. The Bertz CT molecular complexity index is 1260. The van der Waals surface area contributed by atoms with Crippen LogP contribution in [0.2, 0.25) is 0 Å². The molecular weight excluding hydrogens is 415 g/mol. The van der Waals surface area contributed by atoms with E-state index in [-0.39, 0.29) is 11.5 Å². The number of H-pyrrole nitrogens is 1. The molecule has 162 valence electrons. The minimum absolute atomic E-state index is 0.0722. The number of methoxy groups -OCH3 is 1. The summed E-state index contributed by atoms with van der Waals surface area (Å²) in [6, 6.07) is 9.06. The summed E-state index contributed by atoms with van der Waals surface area (Å²) >= 11 is 0. The number of rotatable bonds is 7. The van der Waals surface area contributed by atoms with Gasteiger partial charge in [-0.05, 0) is 37.3 Å². The molecule has 0 atom stereocenters. The topological polar surface area (TPSA) is 94.1 Å². The number of carbonyl (C=O) groups excluding carboxylic acids is 1. The molecule has 0 bridgehead atoms. The molecule has 2 aromatic heterocycles. The third-order valence-corrected chi connectivity index (χ3v) is 4.59. The van der Waals surface area contributed by atoms with E-state index in [0.717, 1.165) is 5.52 Å². The summed E-state index contributed by atoms with van der Waals surface area (Å²) in [5, 5.41) is 3.06. The Labute approximate surface area is 174 Å². The number of alkyl halides is 3. The fraction of sp³-hybridized carbons (Fsp3) is 0.250. The first-order chi connectivity index (χ1) is 14.7. The summed E-state index contributed by atoms with van der Waals surface area (Å²) < 4.78 is 48.4. The van der Waals surface area contributed by atoms with Crippen LogP contribution in [-0.4, -0.2) is 45.4 Å². The van der Waals surface area contributed by atoms with Crippen LogP contribution in [0, 0.1) is 0 Å². The zero-order chi connectivity index (χ0) is 22.2. The van der Waals surface area contributed by atoms with Gasteiger partial charge in [0.15, 0.2) is 5.78 Å². The van der Waals surface area contributed by atoms with Crippen molar-refractivity contribution >= 4 is 39.7 Å². The first-order valence-corrected chi connectivity index (χ1v) is 9.26. The standard InChI is InChI=1S/C20H18F3N5O3/c1-11(29)12-3-6-17-16(9-12)26-19(28(17)7-8-30-2)27-18-24-14-5-4-13(10-15(14)25-18)31-20(21,22)23/h3-6,9-10H,7-8H2,1-2H3,(H2,24,25,26,27). The molecule has 2 heterocycles. The summed E-state index contributed by atoms with van der Waals surface area (Å²) in [6.45, 7) is 2.39. The van der Waals surface area contributed by atoms with E-state index in [4.69, 9.17) is 4.74 Å². The number of carbonyl (C=O) groups is 1. The van der Waals surface area contributed by atoms with Crippen LogP contribution in [0.3, 0.4) is 0 Å². The number of fused-ring (bicyclic) bond motifs is 2. The highest BCUT2D eigenvalue weighted by atomic mass is 19.4. The predicted octanol–water partition coefficient (Wildman–Crippen LogP) is 4.40. The molecule has 31 heavy (non-hydrogen) atoms. The van der Waals surface area contributed by atoms with Crippen molar-refractivity contribution in [1.29, 1.82) is 0 Å². The summed E-state index contributed by atoms with van der Waals surface area (Å²) in [5.74, 6) is 0.315. The van der Waals surface area contributed by atoms with E-state index in [2.05, 4.69) is 25.0 Å². The van der Waals surface area contributed by atoms with Gasteiger partial charge in [0.25, 0.3) is 0 Å². The Morgan fingerprint density at radius 2 is 1.97 bits per heavy atom. The van der Waals surface area contributed by atoms with E-state index < -0.39 is 6.36 Å². The number of ketones is 1. The van der Waals surface area contributed by atoms with Gasteiger partial charge < -0.3 is 19.0 Å².